The lowest BCUT2D eigenvalue weighted by molar-refractivity contribution is 0.853. The molecule has 2 aromatic carbocycles. The smallest absolute Gasteiger partial charge is 0.180 e. The third kappa shape index (κ3) is 2.58. The molecule has 140 valence electrons. The first-order chi connectivity index (χ1) is 14.4. The van der Waals surface area contributed by atoms with Gasteiger partial charge in [-0.1, -0.05) is 42.5 Å². The van der Waals surface area contributed by atoms with Gasteiger partial charge in [0, 0.05) is 23.5 Å². The number of imidazole rings is 1. The van der Waals surface area contributed by atoms with Crippen molar-refractivity contribution in [3.05, 3.63) is 90.4 Å². The zero-order valence-electron chi connectivity index (χ0n) is 15.9. The molecule has 0 atom stereocenters. The van der Waals surface area contributed by atoms with Crippen molar-refractivity contribution in [3.8, 4) is 28.2 Å². The molecule has 0 amide bonds. The van der Waals surface area contributed by atoms with E-state index in [0.29, 0.717) is 0 Å². The van der Waals surface area contributed by atoms with Gasteiger partial charge in [-0.2, -0.15) is 10.2 Å². The first kappa shape index (κ1) is 16.2. The van der Waals surface area contributed by atoms with Gasteiger partial charge in [0.1, 0.15) is 11.4 Å². The molecule has 6 rings (SSSR count). The van der Waals surface area contributed by atoms with Crippen molar-refractivity contribution in [2.75, 3.05) is 0 Å². The van der Waals surface area contributed by atoms with Crippen molar-refractivity contribution in [1.82, 2.24) is 24.4 Å². The lowest BCUT2D eigenvalue weighted by Gasteiger charge is -2.07. The first-order valence-corrected chi connectivity index (χ1v) is 9.94. The van der Waals surface area contributed by atoms with E-state index in [9.17, 15) is 0 Å². The van der Waals surface area contributed by atoms with Crippen LogP contribution >= 0.6 is 0 Å². The molecule has 0 saturated heterocycles. The summed E-state index contributed by atoms with van der Waals surface area (Å²) < 4.78 is 3.78. The fourth-order valence-corrected chi connectivity index (χ4v) is 4.30. The van der Waals surface area contributed by atoms with Crippen LogP contribution in [0, 0.1) is 0 Å². The van der Waals surface area contributed by atoms with Gasteiger partial charge in [0.05, 0.1) is 11.9 Å². The molecule has 0 N–H and O–H groups in total. The molecule has 5 heteroatoms. The average Bonchev–Trinajstić information content (AvgIpc) is 3.52. The third-order valence-corrected chi connectivity index (χ3v) is 5.67. The summed E-state index contributed by atoms with van der Waals surface area (Å²) in [6.07, 6.45) is 9.08. The Bertz CT molecular complexity index is 1320. The van der Waals surface area contributed by atoms with E-state index in [1.165, 1.54) is 24.0 Å². The number of hydrogen-bond donors (Lipinski definition) is 0. The SMILES string of the molecule is c1ccc(-c2c(-c3ccc4c(c3)CCC4)nc3c(-n4cccn4)ccnn23)cc1. The van der Waals surface area contributed by atoms with E-state index in [0.717, 1.165) is 40.3 Å². The number of rotatable bonds is 3. The zero-order valence-corrected chi connectivity index (χ0v) is 15.9. The Hall–Kier alpha value is -3.73. The highest BCUT2D eigenvalue weighted by molar-refractivity contribution is 5.83. The van der Waals surface area contributed by atoms with Crippen LogP contribution in [-0.4, -0.2) is 24.4 Å². The largest absolute Gasteiger partial charge is 0.237 e. The summed E-state index contributed by atoms with van der Waals surface area (Å²) in [6, 6.07) is 21.0. The number of aryl methyl sites for hydroxylation is 2. The quantitative estimate of drug-likeness (QED) is 0.456. The third-order valence-electron chi connectivity index (χ3n) is 5.67. The van der Waals surface area contributed by atoms with E-state index in [4.69, 9.17) is 4.98 Å². The van der Waals surface area contributed by atoms with Crippen molar-refractivity contribution in [2.24, 2.45) is 0 Å². The molecule has 1 aliphatic carbocycles. The molecule has 0 radical (unpaired) electrons. The van der Waals surface area contributed by atoms with Gasteiger partial charge in [-0.15, -0.1) is 0 Å². The minimum atomic E-state index is 0.797. The first-order valence-electron chi connectivity index (χ1n) is 9.94. The number of fused-ring (bicyclic) bond motifs is 2. The molecule has 0 spiro atoms. The lowest BCUT2D eigenvalue weighted by Crippen LogP contribution is -2.01. The second-order valence-electron chi connectivity index (χ2n) is 7.41. The summed E-state index contributed by atoms with van der Waals surface area (Å²) in [7, 11) is 0. The monoisotopic (exact) mass is 377 g/mol. The van der Waals surface area contributed by atoms with Crippen LogP contribution in [0.3, 0.4) is 0 Å². The minimum absolute atomic E-state index is 0.797. The Morgan fingerprint density at radius 3 is 2.52 bits per heavy atom. The van der Waals surface area contributed by atoms with Crippen molar-refractivity contribution >= 4 is 5.65 Å². The van der Waals surface area contributed by atoms with Gasteiger partial charge in [-0.3, -0.25) is 0 Å². The molecule has 0 bridgehead atoms. The van der Waals surface area contributed by atoms with Gasteiger partial charge in [0.2, 0.25) is 0 Å². The van der Waals surface area contributed by atoms with E-state index in [-0.39, 0.29) is 0 Å². The summed E-state index contributed by atoms with van der Waals surface area (Å²) in [4.78, 5) is 5.08. The van der Waals surface area contributed by atoms with Gasteiger partial charge in [0.15, 0.2) is 5.65 Å². The van der Waals surface area contributed by atoms with Gasteiger partial charge >= 0.3 is 0 Å². The lowest BCUT2D eigenvalue weighted by atomic mass is 10.0. The maximum Gasteiger partial charge on any atom is 0.180 e. The van der Waals surface area contributed by atoms with E-state index >= 15 is 0 Å². The summed E-state index contributed by atoms with van der Waals surface area (Å²) in [6.45, 7) is 0. The van der Waals surface area contributed by atoms with Crippen LogP contribution in [0.5, 0.6) is 0 Å². The Labute approximate surface area is 168 Å². The summed E-state index contributed by atoms with van der Waals surface area (Å²) >= 11 is 0. The molecule has 3 aromatic heterocycles. The molecule has 0 unspecified atom stereocenters. The number of hydrogen-bond acceptors (Lipinski definition) is 3. The van der Waals surface area contributed by atoms with E-state index in [1.807, 2.05) is 39.8 Å². The van der Waals surface area contributed by atoms with Gasteiger partial charge < -0.3 is 0 Å². The van der Waals surface area contributed by atoms with Gasteiger partial charge in [-0.05, 0) is 48.6 Å². The van der Waals surface area contributed by atoms with E-state index < -0.39 is 0 Å². The van der Waals surface area contributed by atoms with Crippen molar-refractivity contribution < 1.29 is 0 Å². The topological polar surface area (TPSA) is 48.0 Å². The maximum absolute atomic E-state index is 5.08. The Morgan fingerprint density at radius 1 is 0.759 bits per heavy atom. The fraction of sp³-hybridized carbons (Fsp3) is 0.125. The van der Waals surface area contributed by atoms with Gasteiger partial charge in [-0.25, -0.2) is 14.2 Å². The van der Waals surface area contributed by atoms with Crippen LogP contribution < -0.4 is 0 Å². The second-order valence-corrected chi connectivity index (χ2v) is 7.41. The van der Waals surface area contributed by atoms with Crippen LogP contribution in [0.25, 0.3) is 33.8 Å². The predicted molar refractivity (Wildman–Crippen MR) is 113 cm³/mol. The summed E-state index contributed by atoms with van der Waals surface area (Å²) in [5, 5.41) is 9.06. The Kier molecular flexibility index (Phi) is 3.59. The molecule has 5 aromatic rings. The summed E-state index contributed by atoms with van der Waals surface area (Å²) in [5.74, 6) is 0. The molecule has 0 aliphatic heterocycles. The van der Waals surface area contributed by atoms with Crippen LogP contribution in [0.1, 0.15) is 17.5 Å². The van der Waals surface area contributed by atoms with Crippen molar-refractivity contribution in [2.45, 2.75) is 19.3 Å². The molecule has 1 aliphatic rings. The van der Waals surface area contributed by atoms with E-state index in [1.54, 1.807) is 6.20 Å². The molecule has 3 heterocycles. The van der Waals surface area contributed by atoms with Crippen LogP contribution in [0.2, 0.25) is 0 Å². The summed E-state index contributed by atoms with van der Waals surface area (Å²) in [5.41, 5.74) is 8.82. The molecular formula is C24H19N5. The number of benzene rings is 2. The highest BCUT2D eigenvalue weighted by Gasteiger charge is 2.21. The van der Waals surface area contributed by atoms with Gasteiger partial charge in [0.25, 0.3) is 0 Å². The highest BCUT2D eigenvalue weighted by atomic mass is 15.3. The van der Waals surface area contributed by atoms with Crippen molar-refractivity contribution in [1.29, 1.82) is 0 Å². The molecule has 0 saturated carbocycles. The maximum atomic E-state index is 5.08. The van der Waals surface area contributed by atoms with Crippen LogP contribution in [-0.2, 0) is 12.8 Å². The molecule has 0 fully saturated rings. The minimum Gasteiger partial charge on any atom is -0.237 e. The van der Waals surface area contributed by atoms with Crippen LogP contribution in [0.15, 0.2) is 79.3 Å². The molecule has 5 nitrogen and oxygen atoms in total. The molecule has 29 heavy (non-hydrogen) atoms. The van der Waals surface area contributed by atoms with E-state index in [2.05, 4.69) is 52.7 Å². The second kappa shape index (κ2) is 6.41. The number of aromatic nitrogens is 5. The van der Waals surface area contributed by atoms with Crippen LogP contribution in [0.4, 0.5) is 0 Å². The zero-order chi connectivity index (χ0) is 19.2. The number of nitrogens with zero attached hydrogens (tertiary/aromatic N) is 5. The standard InChI is InChI=1S/C24H19N5/c1-2-6-18(7-3-1)23-22(20-11-10-17-8-4-9-19(17)16-20)27-24-21(12-14-26-29(23)24)28-15-5-13-25-28/h1-3,5-7,10-16H,4,8-9H2. The fourth-order valence-electron chi connectivity index (χ4n) is 4.30. The molecular weight excluding hydrogens is 358 g/mol. The average molecular weight is 377 g/mol. The Balaban J connectivity index is 1.66. The highest BCUT2D eigenvalue weighted by Crippen LogP contribution is 2.35. The van der Waals surface area contributed by atoms with Crippen molar-refractivity contribution in [3.63, 3.8) is 0 Å². The predicted octanol–water partition coefficient (Wildman–Crippen LogP) is 4.74. The normalized spacial score (nSPS) is 13.1. The Morgan fingerprint density at radius 2 is 1.66 bits per heavy atom.